The molecule has 33 heavy (non-hydrogen) atoms. The second kappa shape index (κ2) is 9.95. The fourth-order valence-electron chi connectivity index (χ4n) is 4.69. The Morgan fingerprint density at radius 2 is 1.79 bits per heavy atom. The number of imidazole rings is 1. The summed E-state index contributed by atoms with van der Waals surface area (Å²) in [4.78, 5) is 36.9. The van der Waals surface area contributed by atoms with E-state index in [-0.39, 0.29) is 5.56 Å². The minimum Gasteiger partial charge on any atom is -0.340 e. The maximum Gasteiger partial charge on any atom is 0.329 e. The number of aromatic nitrogens is 4. The van der Waals surface area contributed by atoms with Crippen molar-refractivity contribution in [1.29, 1.82) is 0 Å². The van der Waals surface area contributed by atoms with Crippen molar-refractivity contribution in [3.8, 4) is 0 Å². The van der Waals surface area contributed by atoms with E-state index in [1.165, 1.54) is 27.7 Å². The van der Waals surface area contributed by atoms with E-state index >= 15 is 0 Å². The molecule has 1 fully saturated rings. The average molecular weight is 453 g/mol. The van der Waals surface area contributed by atoms with Gasteiger partial charge in [-0.2, -0.15) is 4.98 Å². The summed E-state index contributed by atoms with van der Waals surface area (Å²) in [5.41, 5.74) is 4.20. The van der Waals surface area contributed by atoms with Crippen LogP contribution in [0, 0.1) is 13.8 Å². The molecule has 0 unspecified atom stereocenters. The van der Waals surface area contributed by atoms with Crippen LogP contribution in [0.2, 0.25) is 0 Å². The highest BCUT2D eigenvalue weighted by molar-refractivity contribution is 5.74. The van der Waals surface area contributed by atoms with E-state index in [2.05, 4.69) is 53.8 Å². The third kappa shape index (κ3) is 4.90. The molecule has 0 amide bonds. The fraction of sp³-hybridized carbons (Fsp3) is 0.560. The third-order valence-corrected chi connectivity index (χ3v) is 6.78. The number of nitrogens with one attached hydrogen (secondary N) is 1. The lowest BCUT2D eigenvalue weighted by Crippen LogP contribution is -2.47. The Bertz CT molecular complexity index is 1230. The second-order valence-corrected chi connectivity index (χ2v) is 9.31. The Morgan fingerprint density at radius 3 is 2.52 bits per heavy atom. The van der Waals surface area contributed by atoms with Crippen molar-refractivity contribution in [2.24, 2.45) is 7.05 Å². The van der Waals surface area contributed by atoms with E-state index < -0.39 is 5.69 Å². The Hall–Kier alpha value is -2.87. The van der Waals surface area contributed by atoms with E-state index in [9.17, 15) is 9.59 Å². The SMILES string of the molecule is CCCCCCn1c(N2CCN(Cc3cc(C)ccc3C)CC2)nc2c1c(=O)[nH]c(=O)n2C. The molecule has 4 rings (SSSR count). The normalized spacial score (nSPS) is 15.0. The monoisotopic (exact) mass is 452 g/mol. The van der Waals surface area contributed by atoms with Crippen LogP contribution in [0.3, 0.4) is 0 Å². The maximum atomic E-state index is 12.7. The van der Waals surface area contributed by atoms with Crippen LogP contribution in [0.4, 0.5) is 5.95 Å². The molecule has 1 aliphatic rings. The zero-order valence-electron chi connectivity index (χ0n) is 20.4. The molecule has 1 aromatic carbocycles. The molecule has 1 aliphatic heterocycles. The highest BCUT2D eigenvalue weighted by Gasteiger charge is 2.25. The molecule has 0 radical (unpaired) electrons. The van der Waals surface area contributed by atoms with Crippen molar-refractivity contribution >= 4 is 17.1 Å². The van der Waals surface area contributed by atoms with Gasteiger partial charge in [0.1, 0.15) is 0 Å². The molecule has 0 bridgehead atoms. The zero-order chi connectivity index (χ0) is 23.5. The summed E-state index contributed by atoms with van der Waals surface area (Å²) in [6.45, 7) is 11.7. The van der Waals surface area contributed by atoms with Crippen LogP contribution in [0.1, 0.15) is 49.3 Å². The molecule has 8 nitrogen and oxygen atoms in total. The maximum absolute atomic E-state index is 12.7. The largest absolute Gasteiger partial charge is 0.340 e. The molecule has 0 aliphatic carbocycles. The van der Waals surface area contributed by atoms with E-state index in [1.807, 2.05) is 4.57 Å². The minimum absolute atomic E-state index is 0.351. The number of unbranched alkanes of at least 4 members (excludes halogenated alkanes) is 3. The van der Waals surface area contributed by atoms with Gasteiger partial charge in [-0.15, -0.1) is 0 Å². The summed E-state index contributed by atoms with van der Waals surface area (Å²) >= 11 is 0. The molecular weight excluding hydrogens is 416 g/mol. The highest BCUT2D eigenvalue weighted by Crippen LogP contribution is 2.23. The molecule has 0 saturated carbocycles. The summed E-state index contributed by atoms with van der Waals surface area (Å²) in [7, 11) is 1.67. The standard InChI is InChI=1S/C25H36N6O2/c1-5-6-7-8-11-31-21-22(28(4)25(33)27-23(21)32)26-24(31)30-14-12-29(13-15-30)17-20-16-18(2)9-10-19(20)3/h9-10,16H,5-8,11-15,17H2,1-4H3,(H,27,32,33). The summed E-state index contributed by atoms with van der Waals surface area (Å²) in [6, 6.07) is 6.64. The van der Waals surface area contributed by atoms with Crippen LogP contribution in [-0.2, 0) is 20.1 Å². The van der Waals surface area contributed by atoms with Crippen LogP contribution in [0.25, 0.3) is 11.2 Å². The quantitative estimate of drug-likeness (QED) is 0.532. The van der Waals surface area contributed by atoms with Crippen molar-refractivity contribution in [2.45, 2.75) is 59.5 Å². The minimum atomic E-state index is -0.423. The number of fused-ring (bicyclic) bond motifs is 1. The van der Waals surface area contributed by atoms with Gasteiger partial charge in [-0.05, 0) is 31.4 Å². The highest BCUT2D eigenvalue weighted by atomic mass is 16.2. The van der Waals surface area contributed by atoms with E-state index in [0.29, 0.717) is 11.2 Å². The number of hydrogen-bond acceptors (Lipinski definition) is 5. The van der Waals surface area contributed by atoms with Crippen molar-refractivity contribution in [2.75, 3.05) is 31.1 Å². The van der Waals surface area contributed by atoms with Crippen molar-refractivity contribution in [3.05, 3.63) is 55.7 Å². The van der Waals surface area contributed by atoms with Gasteiger partial charge in [-0.1, -0.05) is 49.9 Å². The first-order chi connectivity index (χ1) is 15.9. The summed E-state index contributed by atoms with van der Waals surface area (Å²) in [5, 5.41) is 0. The fourth-order valence-corrected chi connectivity index (χ4v) is 4.69. The summed E-state index contributed by atoms with van der Waals surface area (Å²) < 4.78 is 3.48. The van der Waals surface area contributed by atoms with E-state index in [4.69, 9.17) is 4.98 Å². The molecule has 3 heterocycles. The van der Waals surface area contributed by atoms with Gasteiger partial charge in [0.2, 0.25) is 5.95 Å². The lowest BCUT2D eigenvalue weighted by molar-refractivity contribution is 0.247. The predicted molar refractivity (Wildman–Crippen MR) is 133 cm³/mol. The first-order valence-electron chi connectivity index (χ1n) is 12.1. The van der Waals surface area contributed by atoms with Crippen molar-refractivity contribution in [1.82, 2.24) is 24.0 Å². The summed E-state index contributed by atoms with van der Waals surface area (Å²) in [5.74, 6) is 0.805. The second-order valence-electron chi connectivity index (χ2n) is 9.31. The van der Waals surface area contributed by atoms with Gasteiger partial charge in [0.05, 0.1) is 0 Å². The lowest BCUT2D eigenvalue weighted by Gasteiger charge is -2.35. The van der Waals surface area contributed by atoms with Crippen LogP contribution >= 0.6 is 0 Å². The van der Waals surface area contributed by atoms with Gasteiger partial charge in [-0.3, -0.25) is 19.2 Å². The van der Waals surface area contributed by atoms with Gasteiger partial charge in [-0.25, -0.2) is 4.79 Å². The Kier molecular flexibility index (Phi) is 7.02. The van der Waals surface area contributed by atoms with Crippen LogP contribution in [0.5, 0.6) is 0 Å². The van der Waals surface area contributed by atoms with Gasteiger partial charge < -0.3 is 9.47 Å². The molecule has 8 heteroatoms. The van der Waals surface area contributed by atoms with Crippen molar-refractivity contribution < 1.29 is 0 Å². The number of H-pyrrole nitrogens is 1. The van der Waals surface area contributed by atoms with Crippen LogP contribution < -0.4 is 16.1 Å². The summed E-state index contributed by atoms with van der Waals surface area (Å²) in [6.07, 6.45) is 4.44. The number of benzene rings is 1. The van der Waals surface area contributed by atoms with Gasteiger partial charge in [0.15, 0.2) is 11.2 Å². The lowest BCUT2D eigenvalue weighted by atomic mass is 10.0. The number of rotatable bonds is 8. The molecule has 3 aromatic rings. The van der Waals surface area contributed by atoms with Gasteiger partial charge in [0, 0.05) is 46.3 Å². The molecule has 0 spiro atoms. The number of piperazine rings is 1. The molecule has 1 N–H and O–H groups in total. The molecule has 0 atom stereocenters. The number of anilines is 1. The topological polar surface area (TPSA) is 79.2 Å². The van der Waals surface area contributed by atoms with Crippen molar-refractivity contribution in [3.63, 3.8) is 0 Å². The number of aryl methyl sites for hydroxylation is 4. The number of aromatic amines is 1. The Balaban J connectivity index is 1.57. The smallest absolute Gasteiger partial charge is 0.329 e. The van der Waals surface area contributed by atoms with Crippen LogP contribution in [-0.4, -0.2) is 50.2 Å². The Labute approximate surface area is 194 Å². The number of hydrogen-bond donors (Lipinski definition) is 1. The molecule has 1 saturated heterocycles. The molecular formula is C25H36N6O2. The predicted octanol–water partition coefficient (Wildman–Crippen LogP) is 2.94. The average Bonchev–Trinajstić information content (AvgIpc) is 3.18. The first-order valence-corrected chi connectivity index (χ1v) is 12.1. The molecule has 2 aromatic heterocycles. The van der Waals surface area contributed by atoms with E-state index in [0.717, 1.165) is 64.5 Å². The third-order valence-electron chi connectivity index (χ3n) is 6.78. The number of nitrogens with zero attached hydrogens (tertiary/aromatic N) is 5. The molecule has 178 valence electrons. The van der Waals surface area contributed by atoms with Gasteiger partial charge >= 0.3 is 5.69 Å². The Morgan fingerprint density at radius 1 is 1.03 bits per heavy atom. The van der Waals surface area contributed by atoms with Crippen LogP contribution in [0.15, 0.2) is 27.8 Å². The van der Waals surface area contributed by atoms with E-state index in [1.54, 1.807) is 7.05 Å². The zero-order valence-corrected chi connectivity index (χ0v) is 20.4. The first kappa shape index (κ1) is 23.3. The van der Waals surface area contributed by atoms with Gasteiger partial charge in [0.25, 0.3) is 5.56 Å².